The number of morpholine rings is 1. The number of amides is 3. The van der Waals surface area contributed by atoms with Crippen molar-refractivity contribution in [1.29, 1.82) is 0 Å². The summed E-state index contributed by atoms with van der Waals surface area (Å²) in [6.07, 6.45) is 3.38. The molecule has 0 atom stereocenters. The molecule has 0 aromatic heterocycles. The molecule has 3 amide bonds. The van der Waals surface area contributed by atoms with E-state index in [9.17, 15) is 14.4 Å². The third-order valence-corrected chi connectivity index (χ3v) is 5.19. The van der Waals surface area contributed by atoms with Gasteiger partial charge >= 0.3 is 0 Å². The molecule has 152 valence electrons. The number of hydrogen-bond donors (Lipinski definition) is 0. The maximum Gasteiger partial charge on any atom is 0.255 e. The van der Waals surface area contributed by atoms with Gasteiger partial charge in [0, 0.05) is 25.6 Å². The van der Waals surface area contributed by atoms with Gasteiger partial charge in [-0.15, -0.1) is 0 Å². The molecule has 1 aromatic rings. The van der Waals surface area contributed by atoms with Crippen LogP contribution in [0.2, 0.25) is 0 Å². The molecule has 2 fully saturated rings. The van der Waals surface area contributed by atoms with Crippen molar-refractivity contribution in [3.8, 4) is 5.75 Å². The molecule has 0 aliphatic carbocycles. The van der Waals surface area contributed by atoms with Gasteiger partial charge in [0.1, 0.15) is 19.0 Å². The first kappa shape index (κ1) is 20.3. The van der Waals surface area contributed by atoms with E-state index in [-0.39, 0.29) is 37.0 Å². The second kappa shape index (κ2) is 9.68. The summed E-state index contributed by atoms with van der Waals surface area (Å²) >= 11 is 0. The van der Waals surface area contributed by atoms with Gasteiger partial charge in [-0.05, 0) is 43.4 Å². The van der Waals surface area contributed by atoms with Gasteiger partial charge in [0.05, 0.1) is 6.61 Å². The fourth-order valence-corrected chi connectivity index (χ4v) is 3.67. The molecule has 1 aromatic carbocycles. The lowest BCUT2D eigenvalue weighted by atomic mass is 10.0. The Hall–Kier alpha value is -2.41. The molecule has 2 aliphatic heterocycles. The molecular weight excluding hydrogens is 360 g/mol. The lowest BCUT2D eigenvalue weighted by molar-refractivity contribution is -0.162. The van der Waals surface area contributed by atoms with Crippen LogP contribution in [0.15, 0.2) is 24.3 Å². The van der Waals surface area contributed by atoms with Gasteiger partial charge in [0.15, 0.2) is 0 Å². The number of likely N-dealkylation sites (tertiary alicyclic amines) is 1. The van der Waals surface area contributed by atoms with Crippen LogP contribution >= 0.6 is 0 Å². The second-order valence-electron chi connectivity index (χ2n) is 7.25. The zero-order valence-corrected chi connectivity index (χ0v) is 16.4. The molecule has 2 heterocycles. The number of nitrogens with zero attached hydrogens (tertiary/aromatic N) is 2. The molecule has 7 heteroatoms. The van der Waals surface area contributed by atoms with Crippen molar-refractivity contribution in [2.75, 3.05) is 32.9 Å². The minimum absolute atomic E-state index is 0.0346. The lowest BCUT2D eigenvalue weighted by Crippen LogP contribution is -2.55. The van der Waals surface area contributed by atoms with Gasteiger partial charge in [-0.1, -0.05) is 19.1 Å². The van der Waals surface area contributed by atoms with Gasteiger partial charge in [-0.3, -0.25) is 19.3 Å². The van der Waals surface area contributed by atoms with Crippen molar-refractivity contribution >= 4 is 17.7 Å². The predicted octanol–water partition coefficient (Wildman–Crippen LogP) is 1.78. The van der Waals surface area contributed by atoms with Crippen LogP contribution in [0.25, 0.3) is 0 Å². The fourth-order valence-electron chi connectivity index (χ4n) is 3.67. The summed E-state index contributed by atoms with van der Waals surface area (Å²) in [6.45, 7) is 3.85. The molecule has 7 nitrogen and oxygen atoms in total. The number of carbonyl (C=O) groups is 3. The smallest absolute Gasteiger partial charge is 0.255 e. The summed E-state index contributed by atoms with van der Waals surface area (Å²) in [5.74, 6) is 0.426. The van der Waals surface area contributed by atoms with Crippen molar-refractivity contribution in [2.24, 2.45) is 0 Å². The average molecular weight is 388 g/mol. The number of imide groups is 1. The quantitative estimate of drug-likeness (QED) is 0.666. The first-order chi connectivity index (χ1) is 13.6. The molecule has 0 radical (unpaired) electrons. The number of piperidine rings is 1. The molecule has 2 saturated heterocycles. The van der Waals surface area contributed by atoms with E-state index >= 15 is 0 Å². The van der Waals surface area contributed by atoms with Crippen molar-refractivity contribution in [2.45, 2.75) is 45.1 Å². The van der Waals surface area contributed by atoms with Crippen LogP contribution in [0, 0.1) is 0 Å². The van der Waals surface area contributed by atoms with Crippen LogP contribution < -0.4 is 4.74 Å². The first-order valence-electron chi connectivity index (χ1n) is 10.0. The molecule has 0 saturated carbocycles. The minimum Gasteiger partial charge on any atom is -0.494 e. The largest absolute Gasteiger partial charge is 0.494 e. The Morgan fingerprint density at radius 1 is 1.11 bits per heavy atom. The van der Waals surface area contributed by atoms with E-state index in [1.165, 1.54) is 4.90 Å². The Labute approximate surface area is 165 Å². The van der Waals surface area contributed by atoms with E-state index in [4.69, 9.17) is 9.47 Å². The Kier molecular flexibility index (Phi) is 7.03. The summed E-state index contributed by atoms with van der Waals surface area (Å²) in [7, 11) is 0. The highest BCUT2D eigenvalue weighted by Crippen LogP contribution is 2.20. The monoisotopic (exact) mass is 388 g/mol. The SMILES string of the molecule is CCCOc1ccc(CCC(=O)N2CCC(N3C(=O)COCC3=O)CC2)cc1. The van der Waals surface area contributed by atoms with Gasteiger partial charge in [-0.25, -0.2) is 0 Å². The third-order valence-electron chi connectivity index (χ3n) is 5.19. The number of ether oxygens (including phenoxy) is 2. The van der Waals surface area contributed by atoms with Crippen molar-refractivity contribution < 1.29 is 23.9 Å². The van der Waals surface area contributed by atoms with Crippen LogP contribution in [0.3, 0.4) is 0 Å². The Bertz CT molecular complexity index is 679. The number of aryl methyl sites for hydroxylation is 1. The topological polar surface area (TPSA) is 76.2 Å². The lowest BCUT2D eigenvalue weighted by Gasteiger charge is -2.38. The average Bonchev–Trinajstić information content (AvgIpc) is 2.71. The molecule has 2 aliphatic rings. The van der Waals surface area contributed by atoms with Gasteiger partial charge in [0.2, 0.25) is 5.91 Å². The predicted molar refractivity (Wildman–Crippen MR) is 103 cm³/mol. The Morgan fingerprint density at radius 2 is 1.75 bits per heavy atom. The first-order valence-corrected chi connectivity index (χ1v) is 10.0. The van der Waals surface area contributed by atoms with E-state index in [1.54, 1.807) is 0 Å². The zero-order chi connectivity index (χ0) is 19.9. The fraction of sp³-hybridized carbons (Fsp3) is 0.571. The molecule has 3 rings (SSSR count). The highest BCUT2D eigenvalue weighted by molar-refractivity contribution is 5.98. The van der Waals surface area contributed by atoms with Crippen molar-refractivity contribution in [3.63, 3.8) is 0 Å². The third kappa shape index (κ3) is 5.10. The van der Waals surface area contributed by atoms with Gasteiger partial charge < -0.3 is 14.4 Å². The molecule has 0 N–H and O–H groups in total. The normalized spacial score (nSPS) is 18.5. The minimum atomic E-state index is -0.271. The second-order valence-corrected chi connectivity index (χ2v) is 7.25. The summed E-state index contributed by atoms with van der Waals surface area (Å²) < 4.78 is 10.5. The molecule has 0 spiro atoms. The number of benzene rings is 1. The molecule has 0 unspecified atom stereocenters. The number of rotatable bonds is 7. The van der Waals surface area contributed by atoms with Crippen molar-refractivity contribution in [1.82, 2.24) is 9.80 Å². The summed E-state index contributed by atoms with van der Waals surface area (Å²) in [4.78, 5) is 39.6. The van der Waals surface area contributed by atoms with Gasteiger partial charge in [-0.2, -0.15) is 0 Å². The highest BCUT2D eigenvalue weighted by Gasteiger charge is 2.35. The van der Waals surface area contributed by atoms with Crippen LogP contribution in [-0.4, -0.2) is 66.5 Å². The van der Waals surface area contributed by atoms with Crippen LogP contribution in [-0.2, 0) is 25.5 Å². The van der Waals surface area contributed by atoms with E-state index in [1.807, 2.05) is 29.2 Å². The van der Waals surface area contributed by atoms with E-state index in [2.05, 4.69) is 6.92 Å². The summed E-state index contributed by atoms with van der Waals surface area (Å²) in [6, 6.07) is 7.76. The maximum absolute atomic E-state index is 12.5. The summed E-state index contributed by atoms with van der Waals surface area (Å²) in [5, 5.41) is 0. The van der Waals surface area contributed by atoms with Crippen molar-refractivity contribution in [3.05, 3.63) is 29.8 Å². The summed E-state index contributed by atoms with van der Waals surface area (Å²) in [5.41, 5.74) is 1.11. The zero-order valence-electron chi connectivity index (χ0n) is 16.4. The van der Waals surface area contributed by atoms with E-state index in [0.717, 1.165) is 17.7 Å². The molecule has 0 bridgehead atoms. The Morgan fingerprint density at radius 3 is 2.36 bits per heavy atom. The Balaban J connectivity index is 1.44. The standard InChI is InChI=1S/C21H28N2O5/c1-2-13-28-18-6-3-16(4-7-18)5-8-19(24)22-11-9-17(10-12-22)23-20(25)14-27-15-21(23)26/h3-4,6-7,17H,2,5,8-15H2,1H3. The molecule has 28 heavy (non-hydrogen) atoms. The number of hydrogen-bond acceptors (Lipinski definition) is 5. The van der Waals surface area contributed by atoms with Gasteiger partial charge in [0.25, 0.3) is 11.8 Å². The number of carbonyl (C=O) groups excluding carboxylic acids is 3. The molecular formula is C21H28N2O5. The van der Waals surface area contributed by atoms with Crippen LogP contribution in [0.1, 0.15) is 38.2 Å². The van der Waals surface area contributed by atoms with Crippen LogP contribution in [0.4, 0.5) is 0 Å². The highest BCUT2D eigenvalue weighted by atomic mass is 16.5. The van der Waals surface area contributed by atoms with Crippen LogP contribution in [0.5, 0.6) is 5.75 Å². The van der Waals surface area contributed by atoms with E-state index in [0.29, 0.717) is 45.4 Å². The maximum atomic E-state index is 12.5. The van der Waals surface area contributed by atoms with E-state index < -0.39 is 0 Å².